The van der Waals surface area contributed by atoms with Gasteiger partial charge in [-0.2, -0.15) is 8.78 Å². The van der Waals surface area contributed by atoms with Crippen molar-refractivity contribution in [1.29, 1.82) is 0 Å². The van der Waals surface area contributed by atoms with Gasteiger partial charge in [-0.15, -0.1) is 5.10 Å². The Kier molecular flexibility index (Phi) is 5.89. The van der Waals surface area contributed by atoms with E-state index in [2.05, 4.69) is 20.4 Å². The first-order valence-corrected chi connectivity index (χ1v) is 8.77. The van der Waals surface area contributed by atoms with Gasteiger partial charge in [0.1, 0.15) is 5.75 Å². The van der Waals surface area contributed by atoms with Crippen molar-refractivity contribution in [3.05, 3.63) is 70.5 Å². The number of amides is 1. The number of ether oxygens (including phenoxy) is 1. The van der Waals surface area contributed by atoms with Gasteiger partial charge in [0.25, 0.3) is 5.91 Å². The van der Waals surface area contributed by atoms with E-state index in [1.807, 2.05) is 19.1 Å². The van der Waals surface area contributed by atoms with Crippen LogP contribution in [0.3, 0.4) is 0 Å². The number of rotatable bonds is 6. The van der Waals surface area contributed by atoms with Crippen molar-refractivity contribution >= 4 is 17.5 Å². The molecule has 146 valence electrons. The van der Waals surface area contributed by atoms with Crippen molar-refractivity contribution in [2.75, 3.05) is 0 Å². The number of carbonyl (C=O) groups is 1. The van der Waals surface area contributed by atoms with Crippen molar-refractivity contribution in [1.82, 2.24) is 20.3 Å². The van der Waals surface area contributed by atoms with Crippen LogP contribution in [0.4, 0.5) is 8.78 Å². The molecule has 1 N–H and O–H groups in total. The van der Waals surface area contributed by atoms with Crippen LogP contribution in [0.25, 0.3) is 5.69 Å². The topological polar surface area (TPSA) is 69.0 Å². The zero-order valence-electron chi connectivity index (χ0n) is 15.1. The first-order chi connectivity index (χ1) is 13.3. The monoisotopic (exact) mass is 406 g/mol. The van der Waals surface area contributed by atoms with Crippen molar-refractivity contribution in [3.8, 4) is 11.4 Å². The minimum atomic E-state index is -2.89. The lowest BCUT2D eigenvalue weighted by Gasteiger charge is -2.13. The van der Waals surface area contributed by atoms with E-state index in [0.717, 1.165) is 5.56 Å². The summed E-state index contributed by atoms with van der Waals surface area (Å²) >= 11 is 5.88. The molecule has 0 aliphatic heterocycles. The summed E-state index contributed by atoms with van der Waals surface area (Å²) < 4.78 is 30.3. The highest BCUT2D eigenvalue weighted by Gasteiger charge is 2.19. The summed E-state index contributed by atoms with van der Waals surface area (Å²) in [6, 6.07) is 12.8. The molecule has 2 aromatic carbocycles. The molecule has 3 rings (SSSR count). The van der Waals surface area contributed by atoms with Crippen LogP contribution in [-0.2, 0) is 0 Å². The maximum Gasteiger partial charge on any atom is 0.387 e. The van der Waals surface area contributed by atoms with Gasteiger partial charge in [-0.25, -0.2) is 4.68 Å². The van der Waals surface area contributed by atoms with Crippen molar-refractivity contribution < 1.29 is 18.3 Å². The zero-order chi connectivity index (χ0) is 20.3. The minimum Gasteiger partial charge on any atom is -0.435 e. The number of benzene rings is 2. The van der Waals surface area contributed by atoms with Crippen molar-refractivity contribution in [2.24, 2.45) is 0 Å². The summed E-state index contributed by atoms with van der Waals surface area (Å²) in [7, 11) is 0. The zero-order valence-corrected chi connectivity index (χ0v) is 15.8. The number of halogens is 3. The van der Waals surface area contributed by atoms with Gasteiger partial charge in [-0.3, -0.25) is 4.79 Å². The Labute approximate surface area is 165 Å². The lowest BCUT2D eigenvalue weighted by molar-refractivity contribution is -0.0498. The number of nitrogens with zero attached hydrogens (tertiary/aromatic N) is 3. The summed E-state index contributed by atoms with van der Waals surface area (Å²) in [6.45, 7) is 0.658. The van der Waals surface area contributed by atoms with Crippen LogP contribution >= 0.6 is 11.6 Å². The average Bonchev–Trinajstić information content (AvgIpc) is 3.04. The van der Waals surface area contributed by atoms with E-state index in [0.29, 0.717) is 16.4 Å². The fraction of sp³-hybridized carbons (Fsp3) is 0.211. The second kappa shape index (κ2) is 8.35. The van der Waals surface area contributed by atoms with Crippen LogP contribution in [0, 0.1) is 6.92 Å². The van der Waals surface area contributed by atoms with E-state index >= 15 is 0 Å². The van der Waals surface area contributed by atoms with Gasteiger partial charge >= 0.3 is 6.61 Å². The molecule has 6 nitrogen and oxygen atoms in total. The molecule has 3 aromatic rings. The van der Waals surface area contributed by atoms with E-state index in [-0.39, 0.29) is 23.4 Å². The summed E-state index contributed by atoms with van der Waals surface area (Å²) in [5.74, 6) is -0.338. The molecule has 0 spiro atoms. The Hall–Kier alpha value is -3.00. The highest BCUT2D eigenvalue weighted by molar-refractivity contribution is 6.30. The molecule has 0 radical (unpaired) electrons. The second-order valence-corrected chi connectivity index (χ2v) is 6.49. The van der Waals surface area contributed by atoms with Gasteiger partial charge in [0.2, 0.25) is 0 Å². The molecule has 0 aliphatic carbocycles. The first kappa shape index (κ1) is 19.8. The molecule has 1 amide bonds. The molecule has 0 fully saturated rings. The first-order valence-electron chi connectivity index (χ1n) is 8.39. The molecule has 1 aromatic heterocycles. The lowest BCUT2D eigenvalue weighted by atomic mass is 10.1. The van der Waals surface area contributed by atoms with Gasteiger partial charge in [-0.1, -0.05) is 28.9 Å². The maximum atomic E-state index is 12.6. The van der Waals surface area contributed by atoms with Gasteiger partial charge in [0, 0.05) is 5.02 Å². The molecule has 28 heavy (non-hydrogen) atoms. The normalized spacial score (nSPS) is 12.1. The summed E-state index contributed by atoms with van der Waals surface area (Å²) in [4.78, 5) is 12.6. The van der Waals surface area contributed by atoms with E-state index in [4.69, 9.17) is 11.6 Å². The Balaban J connectivity index is 1.74. The van der Waals surface area contributed by atoms with E-state index in [1.165, 1.54) is 16.8 Å². The molecule has 9 heteroatoms. The third-order valence-corrected chi connectivity index (χ3v) is 4.39. The molecule has 0 aliphatic rings. The third kappa shape index (κ3) is 4.45. The Morgan fingerprint density at radius 2 is 1.79 bits per heavy atom. The molecular formula is C19H17ClF2N4O2. The van der Waals surface area contributed by atoms with Crippen LogP contribution in [-0.4, -0.2) is 27.5 Å². The van der Waals surface area contributed by atoms with Crippen LogP contribution in [0.2, 0.25) is 5.02 Å². The minimum absolute atomic E-state index is 0.0336. The quantitative estimate of drug-likeness (QED) is 0.661. The fourth-order valence-corrected chi connectivity index (χ4v) is 2.78. The summed E-state index contributed by atoms with van der Waals surface area (Å²) in [5, 5.41) is 11.4. The predicted molar refractivity (Wildman–Crippen MR) is 100 cm³/mol. The predicted octanol–water partition coefficient (Wildman–Crippen LogP) is 4.32. The molecule has 0 saturated heterocycles. The third-order valence-electron chi connectivity index (χ3n) is 4.13. The number of hydrogen-bond donors (Lipinski definition) is 1. The second-order valence-electron chi connectivity index (χ2n) is 6.05. The molecule has 1 atom stereocenters. The number of nitrogens with one attached hydrogen (secondary N) is 1. The fourth-order valence-electron chi connectivity index (χ4n) is 2.65. The molecule has 0 saturated carbocycles. The van der Waals surface area contributed by atoms with Gasteiger partial charge in [-0.05, 0) is 55.8 Å². The number of alkyl halides is 2. The van der Waals surface area contributed by atoms with Crippen LogP contribution in [0.5, 0.6) is 5.75 Å². The summed E-state index contributed by atoms with van der Waals surface area (Å²) in [5.41, 5.74) is 2.16. The highest BCUT2D eigenvalue weighted by atomic mass is 35.5. The van der Waals surface area contributed by atoms with Crippen molar-refractivity contribution in [2.45, 2.75) is 26.5 Å². The molecule has 1 heterocycles. The van der Waals surface area contributed by atoms with Gasteiger partial charge in [0.15, 0.2) is 5.69 Å². The smallest absolute Gasteiger partial charge is 0.387 e. The van der Waals surface area contributed by atoms with E-state index in [1.54, 1.807) is 31.2 Å². The van der Waals surface area contributed by atoms with Gasteiger partial charge in [0.05, 0.1) is 17.4 Å². The molecule has 0 bridgehead atoms. The van der Waals surface area contributed by atoms with Gasteiger partial charge < -0.3 is 10.1 Å². The Bertz CT molecular complexity index is 959. The Morgan fingerprint density at radius 3 is 2.39 bits per heavy atom. The lowest BCUT2D eigenvalue weighted by Crippen LogP contribution is -2.27. The maximum absolute atomic E-state index is 12.6. The van der Waals surface area contributed by atoms with E-state index < -0.39 is 6.61 Å². The van der Waals surface area contributed by atoms with E-state index in [9.17, 15) is 13.6 Å². The number of aromatic nitrogens is 3. The standard InChI is InChI=1S/C19H17ClF2N4O2/c1-11(13-3-5-14(20)6-4-13)23-18(27)17-12(2)26(25-24-17)15-7-9-16(10-8-15)28-19(21)22/h3-11,19H,1-2H3,(H,23,27)/t11-/m1/s1. The Morgan fingerprint density at radius 1 is 1.14 bits per heavy atom. The average molecular weight is 407 g/mol. The molecular weight excluding hydrogens is 390 g/mol. The SMILES string of the molecule is Cc1c(C(=O)N[C@H](C)c2ccc(Cl)cc2)nnn1-c1ccc(OC(F)F)cc1. The number of hydrogen-bond acceptors (Lipinski definition) is 4. The van der Waals surface area contributed by atoms with Crippen LogP contribution < -0.4 is 10.1 Å². The number of carbonyl (C=O) groups excluding carboxylic acids is 1. The summed E-state index contributed by atoms with van der Waals surface area (Å²) in [6.07, 6.45) is 0. The van der Waals surface area contributed by atoms with Crippen molar-refractivity contribution in [3.63, 3.8) is 0 Å². The van der Waals surface area contributed by atoms with Crippen LogP contribution in [0.1, 0.15) is 34.7 Å². The largest absolute Gasteiger partial charge is 0.435 e. The highest BCUT2D eigenvalue weighted by Crippen LogP contribution is 2.20. The molecule has 0 unspecified atom stereocenters. The van der Waals surface area contributed by atoms with Crippen LogP contribution in [0.15, 0.2) is 48.5 Å².